The highest BCUT2D eigenvalue weighted by Gasteiger charge is 2.07. The van der Waals surface area contributed by atoms with Gasteiger partial charge in [0.05, 0.1) is 45.9 Å². The first-order valence-corrected chi connectivity index (χ1v) is 8.09. The van der Waals surface area contributed by atoms with Crippen molar-refractivity contribution in [3.05, 3.63) is 36.9 Å². The molecule has 0 aliphatic carbocycles. The molecule has 0 spiro atoms. The first-order valence-electron chi connectivity index (χ1n) is 8.09. The van der Waals surface area contributed by atoms with Crippen LogP contribution in [0.25, 0.3) is 0 Å². The van der Waals surface area contributed by atoms with E-state index >= 15 is 0 Å². The SMILES string of the molecule is CCn1cc[n+](CCOCCOCCc2[nH]cc[n+]2CC)c1. The standard InChI is InChI=1S/C16H27N4O2/c1-3-18-8-9-19(15-18)10-12-22-14-13-21-11-5-16-17-6-7-20(16)4-2/h6-9,15H,3-5,10-14H2,1-2H3/q+1/p+1. The zero-order valence-corrected chi connectivity index (χ0v) is 13.7. The van der Waals surface area contributed by atoms with E-state index in [-0.39, 0.29) is 0 Å². The lowest BCUT2D eigenvalue weighted by atomic mass is 10.4. The molecule has 2 heterocycles. The van der Waals surface area contributed by atoms with Gasteiger partial charge in [0.1, 0.15) is 31.3 Å². The van der Waals surface area contributed by atoms with E-state index in [1.807, 2.05) is 6.20 Å². The van der Waals surface area contributed by atoms with Gasteiger partial charge in [0.2, 0.25) is 6.33 Å². The predicted molar refractivity (Wildman–Crippen MR) is 82.3 cm³/mol. The second-order valence-electron chi connectivity index (χ2n) is 5.15. The van der Waals surface area contributed by atoms with E-state index in [0.29, 0.717) is 19.8 Å². The largest absolute Gasteiger partial charge is 0.378 e. The maximum Gasteiger partial charge on any atom is 0.256 e. The quantitative estimate of drug-likeness (QED) is 0.491. The lowest BCUT2D eigenvalue weighted by molar-refractivity contribution is -0.699. The van der Waals surface area contributed by atoms with Crippen LogP contribution < -0.4 is 9.13 Å². The summed E-state index contributed by atoms with van der Waals surface area (Å²) in [6, 6.07) is 0. The van der Waals surface area contributed by atoms with Gasteiger partial charge < -0.3 is 9.47 Å². The van der Waals surface area contributed by atoms with Gasteiger partial charge in [0.25, 0.3) is 5.82 Å². The van der Waals surface area contributed by atoms with Crippen LogP contribution in [0, 0.1) is 0 Å². The molecule has 0 aliphatic heterocycles. The van der Waals surface area contributed by atoms with Gasteiger partial charge in [-0.1, -0.05) is 0 Å². The van der Waals surface area contributed by atoms with Crippen molar-refractivity contribution in [3.63, 3.8) is 0 Å². The van der Waals surface area contributed by atoms with Crippen LogP contribution in [-0.2, 0) is 35.5 Å². The van der Waals surface area contributed by atoms with Gasteiger partial charge in [-0.2, -0.15) is 0 Å². The molecule has 2 rings (SSSR count). The van der Waals surface area contributed by atoms with Gasteiger partial charge in [-0.05, 0) is 13.8 Å². The number of aromatic nitrogens is 4. The Morgan fingerprint density at radius 2 is 1.91 bits per heavy atom. The molecule has 122 valence electrons. The van der Waals surface area contributed by atoms with E-state index in [1.165, 1.54) is 5.82 Å². The maximum atomic E-state index is 5.61. The van der Waals surface area contributed by atoms with Crippen LogP contribution in [0.3, 0.4) is 0 Å². The van der Waals surface area contributed by atoms with Crippen LogP contribution in [0.15, 0.2) is 31.1 Å². The van der Waals surface area contributed by atoms with E-state index < -0.39 is 0 Å². The summed E-state index contributed by atoms with van der Waals surface area (Å²) < 4.78 is 17.7. The molecule has 2 aromatic rings. The van der Waals surface area contributed by atoms with Crippen LogP contribution in [0.4, 0.5) is 0 Å². The van der Waals surface area contributed by atoms with Crippen molar-refractivity contribution in [1.29, 1.82) is 0 Å². The van der Waals surface area contributed by atoms with Crippen molar-refractivity contribution in [2.45, 2.75) is 39.9 Å². The average molecular weight is 308 g/mol. The molecule has 2 aromatic heterocycles. The second kappa shape index (κ2) is 9.38. The molecule has 1 N–H and O–H groups in total. The number of aryl methyl sites for hydroxylation is 2. The second-order valence-corrected chi connectivity index (χ2v) is 5.15. The minimum absolute atomic E-state index is 0.646. The van der Waals surface area contributed by atoms with Gasteiger partial charge in [-0.3, -0.25) is 0 Å². The third-order valence-corrected chi connectivity index (χ3v) is 3.65. The third-order valence-electron chi connectivity index (χ3n) is 3.65. The molecule has 0 bridgehead atoms. The summed E-state index contributed by atoms with van der Waals surface area (Å²) in [4.78, 5) is 3.24. The molecule has 0 fully saturated rings. The molecule has 0 saturated carbocycles. The van der Waals surface area contributed by atoms with Crippen LogP contribution >= 0.6 is 0 Å². The fourth-order valence-corrected chi connectivity index (χ4v) is 2.33. The molecule has 0 unspecified atom stereocenters. The Morgan fingerprint density at radius 1 is 1.09 bits per heavy atom. The maximum absolute atomic E-state index is 5.61. The summed E-state index contributed by atoms with van der Waals surface area (Å²) in [5, 5.41) is 0. The molecule has 0 aliphatic rings. The number of aromatic amines is 1. The normalized spacial score (nSPS) is 11.2. The van der Waals surface area contributed by atoms with E-state index in [0.717, 1.165) is 32.7 Å². The fraction of sp³-hybridized carbons (Fsp3) is 0.625. The highest BCUT2D eigenvalue weighted by Crippen LogP contribution is 1.90. The van der Waals surface area contributed by atoms with Crippen molar-refractivity contribution in [2.24, 2.45) is 0 Å². The van der Waals surface area contributed by atoms with E-state index in [2.05, 4.69) is 57.5 Å². The van der Waals surface area contributed by atoms with Crippen molar-refractivity contribution in [2.75, 3.05) is 26.4 Å². The summed E-state index contributed by atoms with van der Waals surface area (Å²) in [6.45, 7) is 9.87. The number of nitrogens with zero attached hydrogens (tertiary/aromatic N) is 3. The van der Waals surface area contributed by atoms with Gasteiger partial charge in [-0.25, -0.2) is 18.7 Å². The minimum Gasteiger partial charge on any atom is -0.378 e. The molecule has 22 heavy (non-hydrogen) atoms. The lowest BCUT2D eigenvalue weighted by Gasteiger charge is -2.04. The number of hydrogen-bond donors (Lipinski definition) is 1. The molecule has 0 radical (unpaired) electrons. The number of rotatable bonds is 11. The summed E-state index contributed by atoms with van der Waals surface area (Å²) in [5.41, 5.74) is 0. The predicted octanol–water partition coefficient (Wildman–Crippen LogP) is 0.707. The van der Waals surface area contributed by atoms with Crippen LogP contribution in [0.2, 0.25) is 0 Å². The summed E-state index contributed by atoms with van der Waals surface area (Å²) in [7, 11) is 0. The number of imidazole rings is 2. The van der Waals surface area contributed by atoms with Gasteiger partial charge >= 0.3 is 0 Å². The molecule has 0 atom stereocenters. The summed E-state index contributed by atoms with van der Waals surface area (Å²) in [5.74, 6) is 1.21. The fourth-order valence-electron chi connectivity index (χ4n) is 2.33. The Labute approximate surface area is 132 Å². The highest BCUT2D eigenvalue weighted by atomic mass is 16.5. The molecule has 0 saturated heterocycles. The van der Waals surface area contributed by atoms with Crippen LogP contribution in [0.5, 0.6) is 0 Å². The molecular weight excluding hydrogens is 280 g/mol. The molecular formula is C16H28N4O2+2. The van der Waals surface area contributed by atoms with Crippen molar-refractivity contribution < 1.29 is 18.6 Å². The van der Waals surface area contributed by atoms with Crippen LogP contribution in [-0.4, -0.2) is 36.0 Å². The Hall–Kier alpha value is -1.66. The minimum atomic E-state index is 0.646. The average Bonchev–Trinajstić information content (AvgIpc) is 3.18. The van der Waals surface area contributed by atoms with Crippen molar-refractivity contribution in [3.8, 4) is 0 Å². The Kier molecular flexibility index (Phi) is 7.12. The van der Waals surface area contributed by atoms with Crippen molar-refractivity contribution in [1.82, 2.24) is 9.55 Å². The van der Waals surface area contributed by atoms with E-state index in [9.17, 15) is 0 Å². The van der Waals surface area contributed by atoms with Crippen LogP contribution in [0.1, 0.15) is 19.7 Å². The van der Waals surface area contributed by atoms with Crippen molar-refractivity contribution >= 4 is 0 Å². The zero-order valence-electron chi connectivity index (χ0n) is 13.7. The monoisotopic (exact) mass is 308 g/mol. The van der Waals surface area contributed by atoms with E-state index in [4.69, 9.17) is 9.47 Å². The smallest absolute Gasteiger partial charge is 0.256 e. The molecule has 6 nitrogen and oxygen atoms in total. The van der Waals surface area contributed by atoms with Gasteiger partial charge in [0.15, 0.2) is 0 Å². The van der Waals surface area contributed by atoms with Gasteiger partial charge in [-0.15, -0.1) is 0 Å². The number of ether oxygens (including phenoxy) is 2. The first kappa shape index (κ1) is 16.7. The topological polar surface area (TPSA) is 46.9 Å². The third kappa shape index (κ3) is 5.27. The Morgan fingerprint density at radius 3 is 2.64 bits per heavy atom. The Bertz CT molecular complexity index is 536. The molecule has 6 heteroatoms. The summed E-state index contributed by atoms with van der Waals surface area (Å²) >= 11 is 0. The highest BCUT2D eigenvalue weighted by molar-refractivity contribution is 4.77. The summed E-state index contributed by atoms with van der Waals surface area (Å²) in [6.07, 6.45) is 11.2. The zero-order chi connectivity index (χ0) is 15.6. The first-order chi connectivity index (χ1) is 10.8. The number of H-pyrrole nitrogens is 1. The van der Waals surface area contributed by atoms with Gasteiger partial charge in [0, 0.05) is 0 Å². The number of nitrogens with one attached hydrogen (secondary N) is 1. The van der Waals surface area contributed by atoms with E-state index in [1.54, 1.807) is 0 Å². The molecule has 0 amide bonds. The Balaban J connectivity index is 1.47. The molecule has 0 aromatic carbocycles. The lowest BCUT2D eigenvalue weighted by Crippen LogP contribution is -2.35. The number of hydrogen-bond acceptors (Lipinski definition) is 2.